The lowest BCUT2D eigenvalue weighted by Crippen LogP contribution is -3.16. The summed E-state index contributed by atoms with van der Waals surface area (Å²) in [5, 5.41) is 3.31. The number of amides is 2. The lowest BCUT2D eigenvalue weighted by molar-refractivity contribution is -0.885. The Morgan fingerprint density at radius 1 is 1.45 bits per heavy atom. The number of fused-ring (bicyclic) bond motifs is 1. The van der Waals surface area contributed by atoms with E-state index >= 15 is 0 Å². The molecule has 2 aliphatic rings. The fourth-order valence-corrected chi connectivity index (χ4v) is 4.08. The standard InChI is InChI=1S/C16H21N3O2S/c1-12-6-8-19(13-4-2-3-5-14(13)22-12)16(21)11-18-9-7-17-15(20)10-18/h2-5,12H,6-11H2,1H3,(H,17,20)/p+1/t12-/m1/s1. The number of hydrogen-bond donors (Lipinski definition) is 2. The second-order valence-corrected chi connectivity index (χ2v) is 7.41. The molecule has 1 aromatic rings. The van der Waals surface area contributed by atoms with E-state index in [1.54, 1.807) is 0 Å². The molecule has 0 radical (unpaired) electrons. The molecule has 22 heavy (non-hydrogen) atoms. The van der Waals surface area contributed by atoms with Crippen LogP contribution in [-0.4, -0.2) is 49.8 Å². The second kappa shape index (κ2) is 6.71. The summed E-state index contributed by atoms with van der Waals surface area (Å²) in [4.78, 5) is 28.4. The third-order valence-corrected chi connectivity index (χ3v) is 5.39. The second-order valence-electron chi connectivity index (χ2n) is 5.93. The van der Waals surface area contributed by atoms with E-state index < -0.39 is 0 Å². The van der Waals surface area contributed by atoms with Crippen LogP contribution in [0, 0.1) is 0 Å². The zero-order valence-electron chi connectivity index (χ0n) is 12.8. The van der Waals surface area contributed by atoms with Crippen molar-refractivity contribution >= 4 is 29.3 Å². The number of nitrogens with zero attached hydrogens (tertiary/aromatic N) is 1. The fourth-order valence-electron chi connectivity index (χ4n) is 2.96. The van der Waals surface area contributed by atoms with E-state index in [4.69, 9.17) is 0 Å². The summed E-state index contributed by atoms with van der Waals surface area (Å²) < 4.78 is 0. The molecule has 0 spiro atoms. The number of quaternary nitrogens is 1. The van der Waals surface area contributed by atoms with Gasteiger partial charge in [-0.1, -0.05) is 19.1 Å². The number of nitrogens with one attached hydrogen (secondary N) is 2. The number of carbonyl (C=O) groups is 2. The maximum absolute atomic E-state index is 12.8. The lowest BCUT2D eigenvalue weighted by Gasteiger charge is -2.27. The van der Waals surface area contributed by atoms with E-state index in [2.05, 4.69) is 18.3 Å². The van der Waals surface area contributed by atoms with E-state index in [9.17, 15) is 9.59 Å². The summed E-state index contributed by atoms with van der Waals surface area (Å²) in [6.45, 7) is 5.22. The minimum Gasteiger partial charge on any atom is -0.346 e. The van der Waals surface area contributed by atoms with Gasteiger partial charge in [-0.2, -0.15) is 0 Å². The zero-order chi connectivity index (χ0) is 15.5. The van der Waals surface area contributed by atoms with Crippen LogP contribution in [0.3, 0.4) is 0 Å². The molecule has 5 nitrogen and oxygen atoms in total. The Labute approximate surface area is 135 Å². The first-order valence-electron chi connectivity index (χ1n) is 7.80. The quantitative estimate of drug-likeness (QED) is 0.801. The van der Waals surface area contributed by atoms with Gasteiger partial charge in [0.1, 0.15) is 0 Å². The van der Waals surface area contributed by atoms with Gasteiger partial charge < -0.3 is 15.1 Å². The Bertz CT molecular complexity index is 578. The molecule has 1 saturated heterocycles. The molecule has 2 aliphatic heterocycles. The molecular weight excluding hydrogens is 298 g/mol. The van der Waals surface area contributed by atoms with E-state index in [0.29, 0.717) is 24.9 Å². The van der Waals surface area contributed by atoms with Crippen LogP contribution in [0.5, 0.6) is 0 Å². The minimum atomic E-state index is 0.0366. The number of piperazine rings is 1. The summed E-state index contributed by atoms with van der Waals surface area (Å²) in [5.74, 6) is 0.154. The topological polar surface area (TPSA) is 53.9 Å². The van der Waals surface area contributed by atoms with Gasteiger partial charge >= 0.3 is 0 Å². The van der Waals surface area contributed by atoms with Crippen molar-refractivity contribution in [3.05, 3.63) is 24.3 Å². The number of hydrogen-bond acceptors (Lipinski definition) is 3. The van der Waals surface area contributed by atoms with E-state index in [1.165, 1.54) is 4.90 Å². The van der Waals surface area contributed by atoms with Crippen molar-refractivity contribution in [1.82, 2.24) is 5.32 Å². The van der Waals surface area contributed by atoms with Gasteiger partial charge in [-0.15, -0.1) is 11.8 Å². The summed E-state index contributed by atoms with van der Waals surface area (Å²) >= 11 is 1.84. The van der Waals surface area contributed by atoms with Crippen molar-refractivity contribution in [3.63, 3.8) is 0 Å². The van der Waals surface area contributed by atoms with Crippen LogP contribution >= 0.6 is 11.8 Å². The first kappa shape index (κ1) is 15.4. The highest BCUT2D eigenvalue weighted by Gasteiger charge is 2.28. The molecule has 0 aromatic heterocycles. The number of benzene rings is 1. The smallest absolute Gasteiger partial charge is 0.282 e. The third kappa shape index (κ3) is 3.44. The normalized spacial score (nSPS) is 25.1. The molecule has 2 heterocycles. The van der Waals surface area contributed by atoms with Crippen LogP contribution in [0.2, 0.25) is 0 Å². The van der Waals surface area contributed by atoms with Gasteiger partial charge in [-0.25, -0.2) is 0 Å². The average Bonchev–Trinajstić information content (AvgIpc) is 2.65. The predicted octanol–water partition coefficient (Wildman–Crippen LogP) is -0.0814. The average molecular weight is 320 g/mol. The molecule has 0 bridgehead atoms. The number of rotatable bonds is 2. The van der Waals surface area contributed by atoms with Gasteiger partial charge in [-0.05, 0) is 18.6 Å². The Hall–Kier alpha value is -1.53. The van der Waals surface area contributed by atoms with Crippen molar-refractivity contribution < 1.29 is 14.5 Å². The first-order valence-corrected chi connectivity index (χ1v) is 8.68. The molecule has 2 atom stereocenters. The van der Waals surface area contributed by atoms with Crippen LogP contribution in [0.1, 0.15) is 13.3 Å². The third-order valence-electron chi connectivity index (χ3n) is 4.16. The molecule has 1 fully saturated rings. The van der Waals surface area contributed by atoms with Gasteiger partial charge in [-0.3, -0.25) is 9.59 Å². The van der Waals surface area contributed by atoms with Gasteiger partial charge in [0, 0.05) is 16.7 Å². The Kier molecular flexibility index (Phi) is 4.69. The molecule has 0 saturated carbocycles. The summed E-state index contributed by atoms with van der Waals surface area (Å²) in [6.07, 6.45) is 0.987. The van der Waals surface area contributed by atoms with Crippen LogP contribution in [0.4, 0.5) is 5.69 Å². The first-order chi connectivity index (χ1) is 10.6. The Morgan fingerprint density at radius 3 is 3.09 bits per heavy atom. The highest BCUT2D eigenvalue weighted by atomic mass is 32.2. The summed E-state index contributed by atoms with van der Waals surface area (Å²) in [7, 11) is 0. The molecular formula is C16H22N3O2S+. The van der Waals surface area contributed by atoms with Crippen LogP contribution in [0.15, 0.2) is 29.2 Å². The SMILES string of the molecule is C[C@@H]1CCN(C(=O)C[NH+]2CCNC(=O)C2)c2ccccc2S1. The highest BCUT2D eigenvalue weighted by Crippen LogP contribution is 2.37. The van der Waals surface area contributed by atoms with Crippen molar-refractivity contribution in [2.75, 3.05) is 37.6 Å². The predicted molar refractivity (Wildman–Crippen MR) is 87.3 cm³/mol. The van der Waals surface area contributed by atoms with Gasteiger partial charge in [0.2, 0.25) is 0 Å². The van der Waals surface area contributed by atoms with Gasteiger partial charge in [0.25, 0.3) is 11.8 Å². The number of thioether (sulfide) groups is 1. The Balaban J connectivity index is 1.75. The number of para-hydroxylation sites is 1. The van der Waals surface area contributed by atoms with Crippen LogP contribution in [-0.2, 0) is 9.59 Å². The van der Waals surface area contributed by atoms with Crippen LogP contribution in [0.25, 0.3) is 0 Å². The molecule has 1 unspecified atom stereocenters. The van der Waals surface area contributed by atoms with Crippen molar-refractivity contribution in [1.29, 1.82) is 0 Å². The monoisotopic (exact) mass is 320 g/mol. The van der Waals surface area contributed by atoms with Crippen molar-refractivity contribution in [3.8, 4) is 0 Å². The molecule has 3 rings (SSSR count). The van der Waals surface area contributed by atoms with Gasteiger partial charge in [0.05, 0.1) is 18.8 Å². The van der Waals surface area contributed by atoms with Crippen LogP contribution < -0.4 is 15.1 Å². The molecule has 2 N–H and O–H groups in total. The number of carbonyl (C=O) groups excluding carboxylic acids is 2. The lowest BCUT2D eigenvalue weighted by atomic mass is 10.2. The Morgan fingerprint density at radius 2 is 2.27 bits per heavy atom. The maximum Gasteiger partial charge on any atom is 0.282 e. The van der Waals surface area contributed by atoms with E-state index in [-0.39, 0.29) is 11.8 Å². The summed E-state index contributed by atoms with van der Waals surface area (Å²) in [5.41, 5.74) is 1.02. The fraction of sp³-hybridized carbons (Fsp3) is 0.500. The summed E-state index contributed by atoms with van der Waals surface area (Å²) in [6, 6.07) is 8.11. The maximum atomic E-state index is 12.8. The molecule has 6 heteroatoms. The number of anilines is 1. The highest BCUT2D eigenvalue weighted by molar-refractivity contribution is 8.00. The molecule has 118 valence electrons. The van der Waals surface area contributed by atoms with Crippen molar-refractivity contribution in [2.45, 2.75) is 23.5 Å². The largest absolute Gasteiger partial charge is 0.346 e. The van der Waals surface area contributed by atoms with E-state index in [0.717, 1.165) is 30.1 Å². The molecule has 0 aliphatic carbocycles. The molecule has 1 aromatic carbocycles. The zero-order valence-corrected chi connectivity index (χ0v) is 13.6. The van der Waals surface area contributed by atoms with E-state index in [1.807, 2.05) is 34.9 Å². The minimum absolute atomic E-state index is 0.0366. The molecule has 2 amide bonds. The van der Waals surface area contributed by atoms with Gasteiger partial charge in [0.15, 0.2) is 13.1 Å². The van der Waals surface area contributed by atoms with Crippen molar-refractivity contribution in [2.24, 2.45) is 0 Å².